The van der Waals surface area contributed by atoms with Crippen LogP contribution < -0.4 is 15.4 Å². The Bertz CT molecular complexity index is 978. The summed E-state index contributed by atoms with van der Waals surface area (Å²) >= 11 is 0. The first-order chi connectivity index (χ1) is 17.0. The van der Waals surface area contributed by atoms with E-state index in [0.29, 0.717) is 36.2 Å². The Labute approximate surface area is 206 Å². The van der Waals surface area contributed by atoms with E-state index in [1.165, 1.54) is 6.92 Å². The van der Waals surface area contributed by atoms with Gasteiger partial charge in [0.25, 0.3) is 0 Å². The van der Waals surface area contributed by atoms with E-state index < -0.39 is 5.54 Å². The molecule has 1 atom stereocenters. The highest BCUT2D eigenvalue weighted by molar-refractivity contribution is 5.92. The van der Waals surface area contributed by atoms with Gasteiger partial charge in [0.1, 0.15) is 17.9 Å². The first kappa shape index (κ1) is 25.2. The van der Waals surface area contributed by atoms with Crippen molar-refractivity contribution in [2.75, 3.05) is 18.5 Å². The minimum Gasteiger partial charge on any atom is -0.489 e. The number of ether oxygens (including phenoxy) is 2. The number of aromatic nitrogens is 2. The zero-order valence-corrected chi connectivity index (χ0v) is 20.5. The number of benzene rings is 1. The molecule has 1 saturated heterocycles. The van der Waals surface area contributed by atoms with Gasteiger partial charge in [-0.3, -0.25) is 9.59 Å². The van der Waals surface area contributed by atoms with Gasteiger partial charge in [-0.25, -0.2) is 0 Å². The Balaban J connectivity index is 1.33. The van der Waals surface area contributed by atoms with Crippen LogP contribution in [0.2, 0.25) is 0 Å². The molecule has 190 valence electrons. The second-order valence-electron chi connectivity index (χ2n) is 9.53. The van der Waals surface area contributed by atoms with Crippen molar-refractivity contribution in [3.8, 4) is 5.75 Å². The van der Waals surface area contributed by atoms with Crippen LogP contribution in [-0.2, 0) is 26.3 Å². The maximum absolute atomic E-state index is 12.7. The zero-order valence-electron chi connectivity index (χ0n) is 20.5. The number of carbonyl (C=O) groups excluding carboxylic acids is 2. The van der Waals surface area contributed by atoms with Crippen molar-refractivity contribution >= 4 is 17.5 Å². The van der Waals surface area contributed by atoms with Crippen LogP contribution in [-0.4, -0.2) is 41.3 Å². The fourth-order valence-corrected chi connectivity index (χ4v) is 4.87. The maximum atomic E-state index is 12.7. The third-order valence-corrected chi connectivity index (χ3v) is 6.69. The largest absolute Gasteiger partial charge is 0.489 e. The van der Waals surface area contributed by atoms with Gasteiger partial charge < -0.3 is 24.6 Å². The van der Waals surface area contributed by atoms with Crippen molar-refractivity contribution in [2.45, 2.75) is 89.2 Å². The summed E-state index contributed by atoms with van der Waals surface area (Å²) < 4.78 is 17.1. The van der Waals surface area contributed by atoms with E-state index >= 15 is 0 Å². The summed E-state index contributed by atoms with van der Waals surface area (Å²) in [5.41, 5.74) is 0.0348. The minimum atomic E-state index is -0.593. The molecular formula is C26H36N4O5. The summed E-state index contributed by atoms with van der Waals surface area (Å²) in [6.07, 6.45) is 9.66. The van der Waals surface area contributed by atoms with Crippen LogP contribution in [0.1, 0.15) is 82.8 Å². The number of aryl methyl sites for hydroxylation is 1. The molecule has 0 radical (unpaired) electrons. The van der Waals surface area contributed by atoms with E-state index in [2.05, 4.69) is 20.8 Å². The van der Waals surface area contributed by atoms with Crippen LogP contribution in [0.15, 0.2) is 28.8 Å². The van der Waals surface area contributed by atoms with E-state index in [1.54, 1.807) is 0 Å². The number of hydrogen-bond donors (Lipinski definition) is 2. The molecule has 0 spiro atoms. The predicted octanol–water partition coefficient (Wildman–Crippen LogP) is 4.27. The van der Waals surface area contributed by atoms with Crippen molar-refractivity contribution in [1.29, 1.82) is 0 Å². The van der Waals surface area contributed by atoms with Crippen LogP contribution in [0.3, 0.4) is 0 Å². The summed E-state index contributed by atoms with van der Waals surface area (Å²) in [6, 6.07) is 7.41. The first-order valence-corrected chi connectivity index (χ1v) is 12.8. The Morgan fingerprint density at radius 1 is 1.11 bits per heavy atom. The molecule has 2 aliphatic rings. The van der Waals surface area contributed by atoms with Crippen LogP contribution in [0.25, 0.3) is 0 Å². The topological polar surface area (TPSA) is 116 Å². The van der Waals surface area contributed by atoms with E-state index in [0.717, 1.165) is 64.4 Å². The summed E-state index contributed by atoms with van der Waals surface area (Å²) in [6.45, 7) is 2.76. The van der Waals surface area contributed by atoms with Crippen LogP contribution in [0.5, 0.6) is 5.75 Å². The first-order valence-electron chi connectivity index (χ1n) is 12.8. The van der Waals surface area contributed by atoms with Crippen molar-refractivity contribution in [2.24, 2.45) is 0 Å². The fraction of sp³-hybridized carbons (Fsp3) is 0.615. The molecule has 0 bridgehead atoms. The molecule has 1 unspecified atom stereocenters. The highest BCUT2D eigenvalue weighted by Crippen LogP contribution is 2.34. The number of hydrogen-bond acceptors (Lipinski definition) is 7. The smallest absolute Gasteiger partial charge is 0.227 e. The molecule has 9 heteroatoms. The maximum Gasteiger partial charge on any atom is 0.227 e. The second kappa shape index (κ2) is 12.2. The van der Waals surface area contributed by atoms with Gasteiger partial charge in [-0.05, 0) is 44.2 Å². The average Bonchev–Trinajstić information content (AvgIpc) is 3.22. The van der Waals surface area contributed by atoms with Gasteiger partial charge in [0.15, 0.2) is 5.82 Å². The van der Waals surface area contributed by atoms with Gasteiger partial charge in [-0.1, -0.05) is 43.0 Å². The number of nitrogens with zero attached hydrogens (tertiary/aromatic N) is 2. The standard InChI is InChI=1S/C26H36N4O5/c1-19(31)29-26(15-7-2-3-8-16-26)25-28-24(35-30-25)14-13-23(32)27-21-11-4-5-12-22(21)34-18-20-10-6-9-17-33-20/h4-5,11-12,20H,2-3,6-10,13-18H2,1H3,(H,27,32)(H,29,31). The number of carbonyl (C=O) groups is 2. The lowest BCUT2D eigenvalue weighted by atomic mass is 9.89. The Hall–Kier alpha value is -2.94. The van der Waals surface area contributed by atoms with E-state index in [9.17, 15) is 9.59 Å². The summed E-state index contributed by atoms with van der Waals surface area (Å²) in [5, 5.41) is 10.2. The van der Waals surface area contributed by atoms with Gasteiger partial charge in [-0.15, -0.1) is 0 Å². The van der Waals surface area contributed by atoms with E-state index in [1.807, 2.05) is 24.3 Å². The third kappa shape index (κ3) is 7.04. The molecular weight excluding hydrogens is 448 g/mol. The number of para-hydroxylation sites is 2. The van der Waals surface area contributed by atoms with Crippen LogP contribution in [0.4, 0.5) is 5.69 Å². The minimum absolute atomic E-state index is 0.0912. The van der Waals surface area contributed by atoms with Crippen molar-refractivity contribution in [3.63, 3.8) is 0 Å². The summed E-state index contributed by atoms with van der Waals surface area (Å²) in [5.74, 6) is 1.26. The molecule has 2 aromatic rings. The molecule has 2 fully saturated rings. The third-order valence-electron chi connectivity index (χ3n) is 6.69. The molecule has 1 aliphatic heterocycles. The van der Waals surface area contributed by atoms with Crippen molar-refractivity contribution < 1.29 is 23.6 Å². The van der Waals surface area contributed by atoms with Crippen LogP contribution >= 0.6 is 0 Å². The van der Waals surface area contributed by atoms with E-state index in [-0.39, 0.29) is 24.3 Å². The quantitative estimate of drug-likeness (QED) is 0.511. The fourth-order valence-electron chi connectivity index (χ4n) is 4.87. The SMILES string of the molecule is CC(=O)NC1(c2noc(CCC(=O)Nc3ccccc3OCC3CCCCO3)n2)CCCCCC1. The van der Waals surface area contributed by atoms with Gasteiger partial charge in [0.2, 0.25) is 17.7 Å². The monoisotopic (exact) mass is 484 g/mol. The average molecular weight is 485 g/mol. The summed E-state index contributed by atoms with van der Waals surface area (Å²) in [4.78, 5) is 29.1. The lowest BCUT2D eigenvalue weighted by molar-refractivity contribution is -0.121. The van der Waals surface area contributed by atoms with Gasteiger partial charge in [0, 0.05) is 26.4 Å². The van der Waals surface area contributed by atoms with Gasteiger partial charge in [0.05, 0.1) is 11.8 Å². The molecule has 2 N–H and O–H groups in total. The molecule has 1 saturated carbocycles. The Kier molecular flexibility index (Phi) is 8.74. The number of anilines is 1. The van der Waals surface area contributed by atoms with Crippen LogP contribution in [0, 0.1) is 0 Å². The molecule has 1 aromatic carbocycles. The lowest BCUT2D eigenvalue weighted by Gasteiger charge is -2.30. The summed E-state index contributed by atoms with van der Waals surface area (Å²) in [7, 11) is 0. The molecule has 1 aliphatic carbocycles. The Morgan fingerprint density at radius 2 is 1.91 bits per heavy atom. The molecule has 4 rings (SSSR count). The molecule has 9 nitrogen and oxygen atoms in total. The van der Waals surface area contributed by atoms with Crippen molar-refractivity contribution in [1.82, 2.24) is 15.5 Å². The lowest BCUT2D eigenvalue weighted by Crippen LogP contribution is -2.45. The Morgan fingerprint density at radius 3 is 2.66 bits per heavy atom. The molecule has 35 heavy (non-hydrogen) atoms. The van der Waals surface area contributed by atoms with Crippen molar-refractivity contribution in [3.05, 3.63) is 36.0 Å². The predicted molar refractivity (Wildman–Crippen MR) is 130 cm³/mol. The highest BCUT2D eigenvalue weighted by Gasteiger charge is 2.38. The highest BCUT2D eigenvalue weighted by atomic mass is 16.5. The molecule has 2 amide bonds. The number of rotatable bonds is 9. The van der Waals surface area contributed by atoms with Gasteiger partial charge in [-0.2, -0.15) is 4.98 Å². The normalized spacial score (nSPS) is 20.0. The van der Waals surface area contributed by atoms with Gasteiger partial charge >= 0.3 is 0 Å². The van der Waals surface area contributed by atoms with E-state index in [4.69, 9.17) is 14.0 Å². The molecule has 2 heterocycles. The number of amides is 2. The second-order valence-corrected chi connectivity index (χ2v) is 9.53. The zero-order chi connectivity index (χ0) is 24.5. The number of nitrogens with one attached hydrogen (secondary N) is 2. The molecule has 1 aromatic heterocycles.